The summed E-state index contributed by atoms with van der Waals surface area (Å²) >= 11 is 0. The molecule has 0 saturated heterocycles. The average Bonchev–Trinajstić information content (AvgIpc) is 2.58. The number of methoxy groups -OCH3 is 1. The highest BCUT2D eigenvalue weighted by atomic mass is 16.5. The van der Waals surface area contributed by atoms with Gasteiger partial charge in [-0.1, -0.05) is 24.3 Å². The molecular weight excluding hydrogens is 318 g/mol. The van der Waals surface area contributed by atoms with Crippen LogP contribution in [0.15, 0.2) is 42.5 Å². The van der Waals surface area contributed by atoms with Crippen LogP contribution < -0.4 is 15.4 Å². The largest absolute Gasteiger partial charge is 0.497 e. The molecule has 6 heteroatoms. The van der Waals surface area contributed by atoms with Crippen LogP contribution in [0.1, 0.15) is 11.1 Å². The molecule has 0 saturated carbocycles. The van der Waals surface area contributed by atoms with Gasteiger partial charge in [-0.25, -0.2) is 4.79 Å². The summed E-state index contributed by atoms with van der Waals surface area (Å²) in [6.07, 6.45) is 0. The number of para-hydroxylation sites is 1. The maximum Gasteiger partial charge on any atom is 0.322 e. The number of amides is 3. The fraction of sp³-hybridized carbons (Fsp3) is 0.263. The summed E-state index contributed by atoms with van der Waals surface area (Å²) in [5.74, 6) is 0.397. The summed E-state index contributed by atoms with van der Waals surface area (Å²) in [6.45, 7) is 3.81. The first-order valence-corrected chi connectivity index (χ1v) is 7.93. The fourth-order valence-electron chi connectivity index (χ4n) is 2.40. The van der Waals surface area contributed by atoms with Crippen molar-refractivity contribution in [1.82, 2.24) is 4.90 Å². The van der Waals surface area contributed by atoms with Gasteiger partial charge >= 0.3 is 6.03 Å². The Morgan fingerprint density at radius 2 is 1.68 bits per heavy atom. The quantitative estimate of drug-likeness (QED) is 0.875. The zero-order chi connectivity index (χ0) is 18.4. The number of ether oxygens (including phenoxy) is 1. The van der Waals surface area contributed by atoms with Crippen LogP contribution in [-0.2, 0) is 4.79 Å². The molecule has 0 fully saturated rings. The number of urea groups is 1. The molecule has 0 aliphatic rings. The van der Waals surface area contributed by atoms with Gasteiger partial charge in [0.2, 0.25) is 5.91 Å². The van der Waals surface area contributed by atoms with Crippen molar-refractivity contribution in [3.05, 3.63) is 53.6 Å². The molecule has 0 aromatic heterocycles. The Bertz CT molecular complexity index is 754. The molecule has 132 valence electrons. The van der Waals surface area contributed by atoms with Crippen molar-refractivity contribution in [2.75, 3.05) is 31.3 Å². The summed E-state index contributed by atoms with van der Waals surface area (Å²) in [4.78, 5) is 25.8. The van der Waals surface area contributed by atoms with Crippen LogP contribution >= 0.6 is 0 Å². The van der Waals surface area contributed by atoms with Crippen molar-refractivity contribution in [1.29, 1.82) is 0 Å². The Kier molecular flexibility index (Phi) is 6.00. The maximum absolute atomic E-state index is 12.2. The summed E-state index contributed by atoms with van der Waals surface area (Å²) in [5, 5.41) is 5.60. The number of nitrogens with zero attached hydrogens (tertiary/aromatic N) is 1. The first-order valence-electron chi connectivity index (χ1n) is 7.93. The molecule has 2 rings (SSSR count). The highest BCUT2D eigenvalue weighted by Crippen LogP contribution is 2.19. The van der Waals surface area contributed by atoms with Gasteiger partial charge < -0.3 is 20.3 Å². The molecule has 0 unspecified atom stereocenters. The van der Waals surface area contributed by atoms with Gasteiger partial charge in [0.25, 0.3) is 0 Å². The van der Waals surface area contributed by atoms with Gasteiger partial charge in [0, 0.05) is 24.5 Å². The van der Waals surface area contributed by atoms with Crippen molar-refractivity contribution >= 4 is 23.3 Å². The van der Waals surface area contributed by atoms with E-state index in [1.54, 1.807) is 38.4 Å². The second kappa shape index (κ2) is 8.19. The molecule has 3 amide bonds. The Labute approximate surface area is 147 Å². The van der Waals surface area contributed by atoms with Crippen LogP contribution in [0, 0.1) is 13.8 Å². The van der Waals surface area contributed by atoms with Crippen LogP contribution in [0.4, 0.5) is 16.2 Å². The van der Waals surface area contributed by atoms with E-state index in [0.29, 0.717) is 11.4 Å². The third-order valence-corrected chi connectivity index (χ3v) is 3.79. The van der Waals surface area contributed by atoms with E-state index in [9.17, 15) is 9.59 Å². The standard InChI is InChI=1S/C19H23N3O3/c1-13-7-5-8-14(2)18(13)21-17(23)12-22(3)19(24)20-15-9-6-10-16(11-15)25-4/h5-11H,12H2,1-4H3,(H,20,24)(H,21,23). The molecule has 0 heterocycles. The van der Waals surface area contributed by atoms with Crippen molar-refractivity contribution in [2.24, 2.45) is 0 Å². The first-order chi connectivity index (χ1) is 11.9. The number of likely N-dealkylation sites (N-methyl/N-ethyl adjacent to an activating group) is 1. The molecule has 2 aromatic rings. The van der Waals surface area contributed by atoms with Crippen LogP contribution in [0.25, 0.3) is 0 Å². The summed E-state index contributed by atoms with van der Waals surface area (Å²) in [5.41, 5.74) is 3.36. The molecular formula is C19H23N3O3. The zero-order valence-corrected chi connectivity index (χ0v) is 14.9. The van der Waals surface area contributed by atoms with Crippen molar-refractivity contribution in [3.8, 4) is 5.75 Å². The summed E-state index contributed by atoms with van der Waals surface area (Å²) < 4.78 is 5.12. The van der Waals surface area contributed by atoms with Crippen LogP contribution in [0.2, 0.25) is 0 Å². The van der Waals surface area contributed by atoms with Gasteiger partial charge in [-0.15, -0.1) is 0 Å². The lowest BCUT2D eigenvalue weighted by molar-refractivity contribution is -0.116. The fourth-order valence-corrected chi connectivity index (χ4v) is 2.40. The topological polar surface area (TPSA) is 70.7 Å². The van der Waals surface area contributed by atoms with Crippen LogP contribution in [-0.4, -0.2) is 37.5 Å². The maximum atomic E-state index is 12.2. The monoisotopic (exact) mass is 341 g/mol. The van der Waals surface area contributed by atoms with Gasteiger partial charge in [0.05, 0.1) is 7.11 Å². The second-order valence-electron chi connectivity index (χ2n) is 5.83. The number of nitrogens with one attached hydrogen (secondary N) is 2. The lowest BCUT2D eigenvalue weighted by atomic mass is 10.1. The minimum absolute atomic E-state index is 0.0520. The molecule has 0 aliphatic carbocycles. The Balaban J connectivity index is 1.95. The summed E-state index contributed by atoms with van der Waals surface area (Å²) in [7, 11) is 3.13. The van der Waals surface area contributed by atoms with E-state index < -0.39 is 0 Å². The number of hydrogen-bond donors (Lipinski definition) is 2. The smallest absolute Gasteiger partial charge is 0.322 e. The number of rotatable bonds is 5. The predicted octanol–water partition coefficient (Wildman–Crippen LogP) is 3.41. The van der Waals surface area contributed by atoms with Crippen molar-refractivity contribution in [2.45, 2.75) is 13.8 Å². The van der Waals surface area contributed by atoms with E-state index in [0.717, 1.165) is 16.8 Å². The van der Waals surface area contributed by atoms with E-state index in [4.69, 9.17) is 4.74 Å². The van der Waals surface area contributed by atoms with Gasteiger partial charge in [-0.2, -0.15) is 0 Å². The minimum Gasteiger partial charge on any atom is -0.497 e. The number of benzene rings is 2. The summed E-state index contributed by atoms with van der Waals surface area (Å²) in [6, 6.07) is 12.5. The predicted molar refractivity (Wildman–Crippen MR) is 99.2 cm³/mol. The third-order valence-electron chi connectivity index (χ3n) is 3.79. The van der Waals surface area contributed by atoms with E-state index in [-0.39, 0.29) is 18.5 Å². The number of hydrogen-bond acceptors (Lipinski definition) is 3. The van der Waals surface area contributed by atoms with E-state index in [2.05, 4.69) is 10.6 Å². The Morgan fingerprint density at radius 1 is 1.04 bits per heavy atom. The molecule has 25 heavy (non-hydrogen) atoms. The molecule has 6 nitrogen and oxygen atoms in total. The highest BCUT2D eigenvalue weighted by Gasteiger charge is 2.14. The van der Waals surface area contributed by atoms with Gasteiger partial charge in [-0.3, -0.25) is 4.79 Å². The molecule has 2 N–H and O–H groups in total. The van der Waals surface area contributed by atoms with Gasteiger partial charge in [-0.05, 0) is 37.1 Å². The number of anilines is 2. The number of carbonyl (C=O) groups excluding carboxylic acids is 2. The molecule has 0 spiro atoms. The van der Waals surface area contributed by atoms with E-state index in [1.807, 2.05) is 32.0 Å². The van der Waals surface area contributed by atoms with Gasteiger partial charge in [0.1, 0.15) is 12.3 Å². The van der Waals surface area contributed by atoms with Gasteiger partial charge in [0.15, 0.2) is 0 Å². The number of aryl methyl sites for hydroxylation is 2. The van der Waals surface area contributed by atoms with Crippen molar-refractivity contribution < 1.29 is 14.3 Å². The second-order valence-corrected chi connectivity index (χ2v) is 5.83. The van der Waals surface area contributed by atoms with Crippen molar-refractivity contribution in [3.63, 3.8) is 0 Å². The Hall–Kier alpha value is -3.02. The first kappa shape index (κ1) is 18.3. The van der Waals surface area contributed by atoms with E-state index >= 15 is 0 Å². The molecule has 0 aliphatic heterocycles. The number of carbonyl (C=O) groups is 2. The molecule has 0 radical (unpaired) electrons. The molecule has 0 bridgehead atoms. The third kappa shape index (κ3) is 4.97. The lowest BCUT2D eigenvalue weighted by Gasteiger charge is -2.19. The van der Waals surface area contributed by atoms with Crippen LogP contribution in [0.3, 0.4) is 0 Å². The van der Waals surface area contributed by atoms with Crippen LogP contribution in [0.5, 0.6) is 5.75 Å². The van der Waals surface area contributed by atoms with E-state index in [1.165, 1.54) is 4.90 Å². The minimum atomic E-state index is -0.370. The highest BCUT2D eigenvalue weighted by molar-refractivity contribution is 5.97. The Morgan fingerprint density at radius 3 is 2.32 bits per heavy atom. The normalized spacial score (nSPS) is 10.1. The SMILES string of the molecule is COc1cccc(NC(=O)N(C)CC(=O)Nc2c(C)cccc2C)c1. The zero-order valence-electron chi connectivity index (χ0n) is 14.9. The lowest BCUT2D eigenvalue weighted by Crippen LogP contribution is -2.37. The average molecular weight is 341 g/mol. The molecule has 0 atom stereocenters. The molecule has 2 aromatic carbocycles.